The summed E-state index contributed by atoms with van der Waals surface area (Å²) in [5.41, 5.74) is 1.92. The lowest BCUT2D eigenvalue weighted by Gasteiger charge is -2.13. The van der Waals surface area contributed by atoms with Crippen LogP contribution in [0.4, 0.5) is 0 Å². The monoisotopic (exact) mass is 364 g/mol. The van der Waals surface area contributed by atoms with Crippen LogP contribution < -0.4 is 5.56 Å². The number of rotatable bonds is 6. The van der Waals surface area contributed by atoms with Crippen molar-refractivity contribution in [2.75, 3.05) is 5.75 Å². The quantitative estimate of drug-likeness (QED) is 0.312. The predicted molar refractivity (Wildman–Crippen MR) is 105 cm³/mol. The van der Waals surface area contributed by atoms with Crippen molar-refractivity contribution in [3.8, 4) is 5.69 Å². The van der Waals surface area contributed by atoms with Crippen molar-refractivity contribution < 1.29 is 9.90 Å². The van der Waals surface area contributed by atoms with E-state index in [-0.39, 0.29) is 5.56 Å². The summed E-state index contributed by atoms with van der Waals surface area (Å²) in [5, 5.41) is 9.84. The van der Waals surface area contributed by atoms with Crippen LogP contribution in [0.2, 0.25) is 0 Å². The summed E-state index contributed by atoms with van der Waals surface area (Å²) in [4.78, 5) is 28.2. The molecule has 0 atom stereocenters. The molecule has 3 aromatic rings. The molecule has 0 amide bonds. The summed E-state index contributed by atoms with van der Waals surface area (Å²) < 4.78 is 1.57. The number of para-hydroxylation sites is 1. The first-order valence-electron chi connectivity index (χ1n) is 7.87. The normalized spacial score (nSPS) is 11.1. The number of hydrogen-bond donors (Lipinski definition) is 1. The second kappa shape index (κ2) is 7.84. The van der Waals surface area contributed by atoms with Crippen LogP contribution >= 0.6 is 11.8 Å². The molecule has 0 aliphatic rings. The lowest BCUT2D eigenvalue weighted by molar-refractivity contribution is -0.131. The molecule has 0 bridgehead atoms. The lowest BCUT2D eigenvalue weighted by atomic mass is 10.2. The molecule has 0 saturated carbocycles. The Morgan fingerprint density at radius 3 is 2.62 bits per heavy atom. The fourth-order valence-electron chi connectivity index (χ4n) is 2.47. The fraction of sp³-hybridized carbons (Fsp3) is 0.0500. The topological polar surface area (TPSA) is 72.2 Å². The van der Waals surface area contributed by atoms with Gasteiger partial charge in [0.25, 0.3) is 5.56 Å². The third kappa shape index (κ3) is 3.75. The number of aromatic nitrogens is 2. The number of carboxylic acids is 1. The average molecular weight is 364 g/mol. The van der Waals surface area contributed by atoms with Gasteiger partial charge in [-0.05, 0) is 35.9 Å². The van der Waals surface area contributed by atoms with E-state index in [0.717, 1.165) is 11.6 Å². The van der Waals surface area contributed by atoms with E-state index in [1.807, 2.05) is 18.2 Å². The van der Waals surface area contributed by atoms with Crippen LogP contribution in [0.1, 0.15) is 5.56 Å². The summed E-state index contributed by atoms with van der Waals surface area (Å²) in [7, 11) is 0. The Bertz CT molecular complexity index is 1050. The van der Waals surface area contributed by atoms with Gasteiger partial charge in [-0.3, -0.25) is 9.36 Å². The largest absolute Gasteiger partial charge is 0.478 e. The summed E-state index contributed by atoms with van der Waals surface area (Å²) in [6, 6.07) is 14.3. The number of carbonyl (C=O) groups is 1. The summed E-state index contributed by atoms with van der Waals surface area (Å²) >= 11 is 1.43. The van der Waals surface area contributed by atoms with Crippen LogP contribution in [0.5, 0.6) is 0 Å². The van der Waals surface area contributed by atoms with Gasteiger partial charge >= 0.3 is 5.97 Å². The minimum absolute atomic E-state index is 0.143. The van der Waals surface area contributed by atoms with Gasteiger partial charge in [-0.15, -0.1) is 6.58 Å². The zero-order valence-corrected chi connectivity index (χ0v) is 14.6. The molecule has 3 rings (SSSR count). The van der Waals surface area contributed by atoms with Crippen molar-refractivity contribution in [3.05, 3.63) is 83.2 Å². The van der Waals surface area contributed by atoms with Gasteiger partial charge in [0.1, 0.15) is 0 Å². The van der Waals surface area contributed by atoms with E-state index < -0.39 is 5.97 Å². The number of hydrogen-bond acceptors (Lipinski definition) is 4. The number of thioether (sulfide) groups is 1. The lowest BCUT2D eigenvalue weighted by Crippen LogP contribution is -2.21. The molecule has 130 valence electrons. The highest BCUT2D eigenvalue weighted by Crippen LogP contribution is 2.21. The fourth-order valence-corrected chi connectivity index (χ4v) is 3.22. The average Bonchev–Trinajstić information content (AvgIpc) is 2.65. The van der Waals surface area contributed by atoms with Crippen LogP contribution in [-0.2, 0) is 4.79 Å². The molecule has 1 aromatic heterocycles. The molecule has 6 heteroatoms. The second-order valence-electron chi connectivity index (χ2n) is 5.41. The SMILES string of the molecule is C=CCSc1nc2ccccc2c(=O)n1-c1ccc(/C=C/C(=O)O)cc1. The number of carboxylic acid groups (broad SMARTS) is 1. The Hall–Kier alpha value is -3.12. The summed E-state index contributed by atoms with van der Waals surface area (Å²) in [6.07, 6.45) is 4.33. The van der Waals surface area contributed by atoms with Gasteiger partial charge < -0.3 is 5.11 Å². The van der Waals surface area contributed by atoms with Crippen LogP contribution in [-0.4, -0.2) is 26.4 Å². The first-order chi connectivity index (χ1) is 12.6. The van der Waals surface area contributed by atoms with E-state index in [0.29, 0.717) is 27.5 Å². The van der Waals surface area contributed by atoms with E-state index in [1.54, 1.807) is 41.0 Å². The third-order valence-electron chi connectivity index (χ3n) is 3.64. The number of aliphatic carboxylic acids is 1. The van der Waals surface area contributed by atoms with Gasteiger partial charge in [0.05, 0.1) is 16.6 Å². The van der Waals surface area contributed by atoms with Crippen molar-refractivity contribution in [2.24, 2.45) is 0 Å². The predicted octanol–water partition coefficient (Wildman–Crippen LogP) is 3.76. The first kappa shape index (κ1) is 17.7. The molecule has 5 nitrogen and oxygen atoms in total. The van der Waals surface area contributed by atoms with Crippen molar-refractivity contribution >= 4 is 34.7 Å². The number of nitrogens with zero attached hydrogens (tertiary/aromatic N) is 2. The maximum Gasteiger partial charge on any atom is 0.328 e. The molecule has 0 aliphatic carbocycles. The summed E-state index contributed by atoms with van der Waals surface area (Å²) in [6.45, 7) is 3.72. The van der Waals surface area contributed by atoms with Crippen LogP contribution in [0.15, 0.2) is 77.2 Å². The maximum atomic E-state index is 13.0. The van der Waals surface area contributed by atoms with Crippen LogP contribution in [0, 0.1) is 0 Å². The summed E-state index contributed by atoms with van der Waals surface area (Å²) in [5.74, 6) is -0.378. The molecule has 0 saturated heterocycles. The van der Waals surface area contributed by atoms with Gasteiger partial charge in [-0.2, -0.15) is 0 Å². The third-order valence-corrected chi connectivity index (χ3v) is 4.58. The van der Waals surface area contributed by atoms with E-state index in [1.165, 1.54) is 17.8 Å². The Morgan fingerprint density at radius 1 is 1.19 bits per heavy atom. The standard InChI is InChI=1S/C20H16N2O3S/c1-2-13-26-20-21-17-6-4-3-5-16(17)19(25)22(20)15-10-7-14(8-11-15)9-12-18(23)24/h2-12H,1,13H2,(H,23,24)/b12-9+. The second-order valence-corrected chi connectivity index (χ2v) is 6.40. The minimum Gasteiger partial charge on any atom is -0.478 e. The molecule has 0 radical (unpaired) electrons. The molecule has 1 heterocycles. The highest BCUT2D eigenvalue weighted by molar-refractivity contribution is 7.99. The van der Waals surface area contributed by atoms with Crippen molar-refractivity contribution in [1.29, 1.82) is 0 Å². The Morgan fingerprint density at radius 2 is 1.92 bits per heavy atom. The molecule has 2 aromatic carbocycles. The Balaban J connectivity index is 2.13. The maximum absolute atomic E-state index is 13.0. The molecule has 0 unspecified atom stereocenters. The molecule has 26 heavy (non-hydrogen) atoms. The Kier molecular flexibility index (Phi) is 5.34. The van der Waals surface area contributed by atoms with Gasteiger partial charge in [0.15, 0.2) is 5.16 Å². The van der Waals surface area contributed by atoms with Gasteiger partial charge in [0, 0.05) is 11.8 Å². The number of fused-ring (bicyclic) bond motifs is 1. The van der Waals surface area contributed by atoms with Crippen molar-refractivity contribution in [2.45, 2.75) is 5.16 Å². The highest BCUT2D eigenvalue weighted by atomic mass is 32.2. The minimum atomic E-state index is -1.01. The highest BCUT2D eigenvalue weighted by Gasteiger charge is 2.12. The molecule has 0 fully saturated rings. The van der Waals surface area contributed by atoms with Crippen molar-refractivity contribution in [3.63, 3.8) is 0 Å². The Labute approximate surface area is 154 Å². The van der Waals surface area contributed by atoms with Crippen molar-refractivity contribution in [1.82, 2.24) is 9.55 Å². The van der Waals surface area contributed by atoms with E-state index in [4.69, 9.17) is 5.11 Å². The van der Waals surface area contributed by atoms with Crippen LogP contribution in [0.3, 0.4) is 0 Å². The van der Waals surface area contributed by atoms with E-state index in [9.17, 15) is 9.59 Å². The van der Waals surface area contributed by atoms with E-state index in [2.05, 4.69) is 11.6 Å². The molecule has 0 aliphatic heterocycles. The van der Waals surface area contributed by atoms with Crippen LogP contribution in [0.25, 0.3) is 22.7 Å². The molecular formula is C20H16N2O3S. The zero-order valence-electron chi connectivity index (χ0n) is 13.8. The van der Waals surface area contributed by atoms with Gasteiger partial charge in [-0.1, -0.05) is 42.1 Å². The first-order valence-corrected chi connectivity index (χ1v) is 8.85. The van der Waals surface area contributed by atoms with Gasteiger partial charge in [-0.25, -0.2) is 9.78 Å². The molecule has 1 N–H and O–H groups in total. The smallest absolute Gasteiger partial charge is 0.328 e. The molecule has 0 spiro atoms. The van der Waals surface area contributed by atoms with Gasteiger partial charge in [0.2, 0.25) is 0 Å². The molecular weight excluding hydrogens is 348 g/mol. The number of benzene rings is 2. The zero-order chi connectivity index (χ0) is 18.5. The van der Waals surface area contributed by atoms with E-state index >= 15 is 0 Å².